The van der Waals surface area contributed by atoms with Crippen molar-refractivity contribution in [1.29, 1.82) is 0 Å². The van der Waals surface area contributed by atoms with Crippen molar-refractivity contribution in [1.82, 2.24) is 10.2 Å². The molecule has 2 aliphatic heterocycles. The molecule has 156 valence electrons. The average Bonchev–Trinajstić information content (AvgIpc) is 2.97. The Balaban J connectivity index is 1.79. The van der Waals surface area contributed by atoms with Crippen molar-refractivity contribution in [3.63, 3.8) is 0 Å². The smallest absolute Gasteiger partial charge is 0.264 e. The fourth-order valence-electron chi connectivity index (χ4n) is 3.26. The predicted molar refractivity (Wildman–Crippen MR) is 107 cm³/mol. The summed E-state index contributed by atoms with van der Waals surface area (Å²) in [7, 11) is 0. The predicted octanol–water partition coefficient (Wildman–Crippen LogP) is -0.178. The first-order valence-corrected chi connectivity index (χ1v) is 9.28. The molecule has 0 bridgehead atoms. The molecule has 2 heterocycles. The van der Waals surface area contributed by atoms with Crippen molar-refractivity contribution in [2.24, 2.45) is 15.9 Å². The zero-order valence-electron chi connectivity index (χ0n) is 16.2. The van der Waals surface area contributed by atoms with Crippen LogP contribution in [-0.4, -0.2) is 58.9 Å². The highest BCUT2D eigenvalue weighted by atomic mass is 16.2. The van der Waals surface area contributed by atoms with Crippen molar-refractivity contribution in [3.8, 4) is 0 Å². The number of hydrogen-bond acceptors (Lipinski definition) is 8. The summed E-state index contributed by atoms with van der Waals surface area (Å²) in [5.74, 6) is 2.17. The molecule has 0 radical (unpaired) electrons. The van der Waals surface area contributed by atoms with E-state index in [2.05, 4.69) is 20.7 Å². The summed E-state index contributed by atoms with van der Waals surface area (Å²) in [5, 5.41) is 8.21. The van der Waals surface area contributed by atoms with E-state index in [9.17, 15) is 24.0 Å². The lowest BCUT2D eigenvalue weighted by Crippen LogP contribution is -2.54. The van der Waals surface area contributed by atoms with Crippen LogP contribution in [0.15, 0.2) is 28.3 Å². The number of nitrogens with zero attached hydrogens (tertiary/aromatic N) is 3. The highest BCUT2D eigenvalue weighted by molar-refractivity contribution is 6.30. The van der Waals surface area contributed by atoms with Gasteiger partial charge in [0, 0.05) is 12.6 Å². The van der Waals surface area contributed by atoms with Gasteiger partial charge in [0.2, 0.25) is 17.7 Å². The Morgan fingerprint density at radius 2 is 2.07 bits per heavy atom. The minimum Gasteiger partial charge on any atom is -0.324 e. The van der Waals surface area contributed by atoms with Crippen molar-refractivity contribution in [2.75, 3.05) is 11.9 Å². The van der Waals surface area contributed by atoms with Crippen LogP contribution < -0.4 is 16.5 Å². The number of hydrogen-bond donors (Lipinski definition) is 3. The van der Waals surface area contributed by atoms with Crippen molar-refractivity contribution in [3.05, 3.63) is 29.3 Å². The van der Waals surface area contributed by atoms with E-state index in [-0.39, 0.29) is 36.2 Å². The topological polar surface area (TPSA) is 163 Å². The number of fused-ring (bicyclic) bond motifs is 1. The fourth-order valence-corrected chi connectivity index (χ4v) is 3.26. The van der Waals surface area contributed by atoms with Gasteiger partial charge in [0.15, 0.2) is 0 Å². The Hall–Kier alpha value is -3.89. The normalized spacial score (nSPS) is 19.3. The first kappa shape index (κ1) is 20.8. The lowest BCUT2D eigenvalue weighted by Gasteiger charge is -2.27. The molecule has 0 aliphatic carbocycles. The zero-order chi connectivity index (χ0) is 21.8. The molecule has 11 nitrogen and oxygen atoms in total. The number of rotatable bonds is 6. The van der Waals surface area contributed by atoms with Gasteiger partial charge in [-0.25, -0.2) is 0 Å². The highest BCUT2D eigenvalue weighted by Crippen LogP contribution is 2.32. The molecular formula is C19H20N6O5. The number of imide groups is 2. The first-order chi connectivity index (χ1) is 14.4. The molecule has 1 unspecified atom stereocenters. The number of aliphatic imine (C=N–C) groups is 1. The monoisotopic (exact) mass is 412 g/mol. The first-order valence-electron chi connectivity index (χ1n) is 9.28. The minimum atomic E-state index is -1.08. The Labute approximate surface area is 171 Å². The van der Waals surface area contributed by atoms with Gasteiger partial charge in [-0.05, 0) is 25.0 Å². The second kappa shape index (κ2) is 8.64. The third-order valence-corrected chi connectivity index (χ3v) is 4.75. The summed E-state index contributed by atoms with van der Waals surface area (Å²) in [6, 6.07) is 3.37. The van der Waals surface area contributed by atoms with Gasteiger partial charge >= 0.3 is 0 Å². The highest BCUT2D eigenvalue weighted by Gasteiger charge is 2.45. The van der Waals surface area contributed by atoms with Crippen LogP contribution in [0.2, 0.25) is 0 Å². The van der Waals surface area contributed by atoms with Gasteiger partial charge in [-0.3, -0.25) is 39.2 Å². The van der Waals surface area contributed by atoms with Gasteiger partial charge in [-0.15, -0.1) is 0 Å². The Kier molecular flexibility index (Phi) is 6.00. The summed E-state index contributed by atoms with van der Waals surface area (Å²) >= 11 is 0. The van der Waals surface area contributed by atoms with Gasteiger partial charge < -0.3 is 11.2 Å². The molecule has 30 heavy (non-hydrogen) atoms. The van der Waals surface area contributed by atoms with E-state index >= 15 is 0 Å². The van der Waals surface area contributed by atoms with Crippen LogP contribution in [0.1, 0.15) is 46.9 Å². The summed E-state index contributed by atoms with van der Waals surface area (Å²) < 4.78 is 0. The number of nitrogens with two attached hydrogens (primary N) is 1. The Morgan fingerprint density at radius 3 is 2.73 bits per heavy atom. The van der Waals surface area contributed by atoms with Crippen LogP contribution >= 0.6 is 0 Å². The fraction of sp³-hybridized carbons (Fsp3) is 0.316. The molecular weight excluding hydrogens is 392 g/mol. The number of nitrogens with one attached hydrogen (secondary N) is 2. The Morgan fingerprint density at radius 1 is 1.30 bits per heavy atom. The molecule has 1 saturated heterocycles. The van der Waals surface area contributed by atoms with E-state index in [1.807, 2.05) is 6.92 Å². The van der Waals surface area contributed by atoms with Crippen molar-refractivity contribution in [2.45, 2.75) is 32.2 Å². The number of amides is 5. The van der Waals surface area contributed by atoms with Crippen LogP contribution in [0, 0.1) is 0 Å². The maximum absolute atomic E-state index is 12.9. The number of hydrazone groups is 1. The second-order valence-corrected chi connectivity index (χ2v) is 6.67. The van der Waals surface area contributed by atoms with Crippen LogP contribution in [0.3, 0.4) is 0 Å². The standard InChI is InChI=1S/C19H20N6O5/c1-2-10(24-20)8-21-9-15(27)22-12-5-3-4-11-16(12)19(30)25(18(11)29)13-6-7-14(26)23-17(13)28/h3-5,8,13H,2,6-7,9,20H2,1H3,(H,22,27)(H,23,26,28)/b21-8?,24-10-. The van der Waals surface area contributed by atoms with E-state index in [0.717, 1.165) is 4.90 Å². The average molecular weight is 412 g/mol. The molecule has 4 N–H and O–H groups in total. The number of carbonyl (C=O) groups excluding carboxylic acids is 5. The Bertz CT molecular complexity index is 999. The summed E-state index contributed by atoms with van der Waals surface area (Å²) in [4.78, 5) is 66.2. The number of benzene rings is 1. The van der Waals surface area contributed by atoms with Gasteiger partial charge in [-0.2, -0.15) is 5.10 Å². The third kappa shape index (κ3) is 3.95. The van der Waals surface area contributed by atoms with Crippen molar-refractivity contribution < 1.29 is 24.0 Å². The largest absolute Gasteiger partial charge is 0.324 e. The van der Waals surface area contributed by atoms with Gasteiger partial charge in [0.1, 0.15) is 12.6 Å². The van der Waals surface area contributed by atoms with Crippen LogP contribution in [0.5, 0.6) is 0 Å². The zero-order valence-corrected chi connectivity index (χ0v) is 16.2. The minimum absolute atomic E-state index is 0.00213. The van der Waals surface area contributed by atoms with Crippen LogP contribution in [0.25, 0.3) is 0 Å². The van der Waals surface area contributed by atoms with Crippen LogP contribution in [0.4, 0.5) is 5.69 Å². The molecule has 5 amide bonds. The van der Waals surface area contributed by atoms with Gasteiger partial charge in [0.25, 0.3) is 11.8 Å². The molecule has 1 aromatic rings. The molecule has 1 atom stereocenters. The van der Waals surface area contributed by atoms with E-state index in [1.54, 1.807) is 0 Å². The van der Waals surface area contributed by atoms with E-state index < -0.39 is 35.6 Å². The molecule has 2 aliphatic rings. The lowest BCUT2D eigenvalue weighted by atomic mass is 10.0. The summed E-state index contributed by atoms with van der Waals surface area (Å²) in [6.45, 7) is 1.60. The second-order valence-electron chi connectivity index (χ2n) is 6.67. The molecule has 11 heteroatoms. The summed E-state index contributed by atoms with van der Waals surface area (Å²) in [5.41, 5.74) is 0.741. The quantitative estimate of drug-likeness (QED) is 0.254. The van der Waals surface area contributed by atoms with Crippen LogP contribution in [-0.2, 0) is 14.4 Å². The molecule has 1 aromatic carbocycles. The maximum Gasteiger partial charge on any atom is 0.264 e. The van der Waals surface area contributed by atoms with E-state index in [0.29, 0.717) is 12.1 Å². The molecule has 1 fully saturated rings. The molecule has 0 saturated carbocycles. The van der Waals surface area contributed by atoms with Gasteiger partial charge in [-0.1, -0.05) is 13.0 Å². The molecule has 0 spiro atoms. The number of carbonyl (C=O) groups is 5. The number of anilines is 1. The van der Waals surface area contributed by atoms with E-state index in [4.69, 9.17) is 5.84 Å². The van der Waals surface area contributed by atoms with Crippen molar-refractivity contribution >= 4 is 47.1 Å². The molecule has 3 rings (SSSR count). The van der Waals surface area contributed by atoms with E-state index in [1.165, 1.54) is 24.4 Å². The summed E-state index contributed by atoms with van der Waals surface area (Å²) in [6.07, 6.45) is 2.02. The number of piperidine rings is 1. The maximum atomic E-state index is 12.9. The van der Waals surface area contributed by atoms with Gasteiger partial charge in [0.05, 0.1) is 22.5 Å². The SMILES string of the molecule is CC/C(C=NCC(=O)Nc1cccc2c1C(=O)N(C1CCC(=O)NC1=O)C2=O)=N/N. The third-order valence-electron chi connectivity index (χ3n) is 4.75. The molecule has 0 aromatic heterocycles. The lowest BCUT2D eigenvalue weighted by molar-refractivity contribution is -0.136.